The molecular weight excluding hydrogens is 977 g/mol. The number of anilines is 2. The first-order valence-corrected chi connectivity index (χ1v) is 26.2. The molecule has 4 atom stereocenters. The molecule has 17 nitrogen and oxygen atoms in total. The van der Waals surface area contributed by atoms with Gasteiger partial charge in [0, 0.05) is 68.3 Å². The zero-order valence-electron chi connectivity index (χ0n) is 43.5. The number of nitrogens with zero attached hydrogens (tertiary/aromatic N) is 6. The van der Waals surface area contributed by atoms with Crippen LogP contribution in [0.4, 0.5) is 38.5 Å². The number of carbonyl (C=O) groups is 4. The summed E-state index contributed by atoms with van der Waals surface area (Å²) in [6, 6.07) is 5.32. The zero-order valence-corrected chi connectivity index (χ0v) is 43.5. The van der Waals surface area contributed by atoms with Gasteiger partial charge in [-0.25, -0.2) is 37.1 Å². The Balaban J connectivity index is 1.05. The SMILES string of the molecule is CCCN(Cc1nc2cc(F)c([C@H]3CC[C@H](c4cc5[nH]c([C@@H]6CCCN6C(=O)C(NC(=O)OC)C6CCOCC6)nc5cc4F)N3c3cc(F)c(N4CCC(C(C)(C)C)CC4)c(F)c3)cc2[nH]1)C(=O)CNC(=O)OC. The maximum Gasteiger partial charge on any atom is 0.407 e. The highest BCUT2D eigenvalue weighted by atomic mass is 19.1. The second kappa shape index (κ2) is 22.3. The summed E-state index contributed by atoms with van der Waals surface area (Å²) >= 11 is 0. The molecule has 21 heteroatoms. The second-order valence-electron chi connectivity index (χ2n) is 21.4. The number of hydrogen-bond donors (Lipinski definition) is 4. The Morgan fingerprint density at radius 3 is 1.99 bits per heavy atom. The lowest BCUT2D eigenvalue weighted by Gasteiger charge is -2.40. The summed E-state index contributed by atoms with van der Waals surface area (Å²) in [6.45, 7) is 10.8. The lowest BCUT2D eigenvalue weighted by Crippen LogP contribution is -2.53. The van der Waals surface area contributed by atoms with Crippen molar-refractivity contribution in [1.29, 1.82) is 0 Å². The highest BCUT2D eigenvalue weighted by Crippen LogP contribution is 2.50. The van der Waals surface area contributed by atoms with E-state index in [0.717, 1.165) is 12.8 Å². The lowest BCUT2D eigenvalue weighted by atomic mass is 9.75. The van der Waals surface area contributed by atoms with Crippen molar-refractivity contribution in [2.24, 2.45) is 17.3 Å². The quantitative estimate of drug-likeness (QED) is 0.0776. The third kappa shape index (κ3) is 11.2. The number of imidazole rings is 2. The topological polar surface area (TPSA) is 190 Å². The first-order chi connectivity index (χ1) is 36.0. The van der Waals surface area contributed by atoms with Crippen LogP contribution in [0, 0.1) is 40.5 Å². The Hall–Kier alpha value is -6.64. The van der Waals surface area contributed by atoms with Crippen LogP contribution >= 0.6 is 0 Å². The molecule has 4 aliphatic rings. The number of alkyl carbamates (subject to hydrolysis) is 2. The van der Waals surface area contributed by atoms with Crippen molar-refractivity contribution in [2.45, 2.75) is 116 Å². The van der Waals surface area contributed by atoms with Crippen molar-refractivity contribution in [3.8, 4) is 0 Å². The van der Waals surface area contributed by atoms with Gasteiger partial charge in [-0.2, -0.15) is 0 Å². The van der Waals surface area contributed by atoms with Gasteiger partial charge in [0.05, 0.1) is 61.0 Å². The molecule has 75 heavy (non-hydrogen) atoms. The standard InChI is InChI=1S/C54H68F4N10O7/c1-7-16-66(47(69)28-59-52(71)73-5)29-46-60-39-24-33(35(55)26-41(39)61-46)43-10-11-44(68(43)32-22-37(57)49(38(58)23-32)65-18-12-31(13-19-65)54(2,3)4)34-25-40-42(27-36(34)56)63-50(62-40)45-9-8-17-67(45)51(70)48(64-53(72)74-6)30-14-20-75-21-15-30/h22-27,30-31,43-45,48H,7-21,28-29H2,1-6H3,(H,59,71)(H,60,61)(H,62,63)(H,64,72)/t43-,44-,45+,48?/m1/s1. The fraction of sp³-hybridized carbons (Fsp3) is 0.556. The number of halogens is 4. The largest absolute Gasteiger partial charge is 0.453 e. The minimum Gasteiger partial charge on any atom is -0.453 e. The van der Waals surface area contributed by atoms with Gasteiger partial charge in [0.15, 0.2) is 11.6 Å². The van der Waals surface area contributed by atoms with Crippen LogP contribution in [0.3, 0.4) is 0 Å². The molecule has 9 rings (SSSR count). The average molecular weight is 1050 g/mol. The number of amides is 4. The van der Waals surface area contributed by atoms with Crippen LogP contribution in [0.25, 0.3) is 22.1 Å². The molecule has 0 bridgehead atoms. The highest BCUT2D eigenvalue weighted by Gasteiger charge is 2.42. The van der Waals surface area contributed by atoms with Crippen LogP contribution in [0.2, 0.25) is 0 Å². The first kappa shape index (κ1) is 53.2. The Kier molecular flexibility index (Phi) is 15.8. The first-order valence-electron chi connectivity index (χ1n) is 26.2. The minimum atomic E-state index is -0.850. The summed E-state index contributed by atoms with van der Waals surface area (Å²) in [7, 11) is 2.45. The molecule has 404 valence electrons. The fourth-order valence-corrected chi connectivity index (χ4v) is 11.9. The smallest absolute Gasteiger partial charge is 0.407 e. The Labute approximate surface area is 433 Å². The van der Waals surface area contributed by atoms with Gasteiger partial charge in [0.2, 0.25) is 11.8 Å². The lowest BCUT2D eigenvalue weighted by molar-refractivity contribution is -0.136. The van der Waals surface area contributed by atoms with Gasteiger partial charge in [-0.15, -0.1) is 0 Å². The average Bonchev–Trinajstić information content (AvgIpc) is 4.22. The third-order valence-electron chi connectivity index (χ3n) is 15.8. The summed E-state index contributed by atoms with van der Waals surface area (Å²) in [4.78, 5) is 74.3. The maximum atomic E-state index is 16.9. The number of nitrogens with one attached hydrogen (secondary N) is 4. The number of likely N-dealkylation sites (tertiary alicyclic amines) is 1. The van der Waals surface area contributed by atoms with Crippen LogP contribution < -0.4 is 20.4 Å². The van der Waals surface area contributed by atoms with E-state index in [0.29, 0.717) is 106 Å². The molecule has 4 fully saturated rings. The molecule has 4 aliphatic heterocycles. The van der Waals surface area contributed by atoms with E-state index in [1.54, 1.807) is 26.8 Å². The van der Waals surface area contributed by atoms with E-state index in [1.165, 1.54) is 43.4 Å². The van der Waals surface area contributed by atoms with Crippen molar-refractivity contribution in [1.82, 2.24) is 40.4 Å². The summed E-state index contributed by atoms with van der Waals surface area (Å²) in [6.07, 6.45) is 3.62. The molecule has 0 radical (unpaired) electrons. The molecule has 2 aromatic heterocycles. The van der Waals surface area contributed by atoms with Crippen LogP contribution in [0.5, 0.6) is 0 Å². The summed E-state index contributed by atoms with van der Waals surface area (Å²) in [5.41, 5.74) is 1.92. The van der Waals surface area contributed by atoms with Gasteiger partial charge in [-0.05, 0) is 99.3 Å². The number of ether oxygens (including phenoxy) is 3. The van der Waals surface area contributed by atoms with Gasteiger partial charge >= 0.3 is 12.2 Å². The predicted molar refractivity (Wildman–Crippen MR) is 273 cm³/mol. The van der Waals surface area contributed by atoms with Crippen molar-refractivity contribution in [3.63, 3.8) is 0 Å². The monoisotopic (exact) mass is 1040 g/mol. The number of benzene rings is 3. The molecule has 1 unspecified atom stereocenters. The Bertz CT molecular complexity index is 2890. The van der Waals surface area contributed by atoms with E-state index < -0.39 is 59.6 Å². The van der Waals surface area contributed by atoms with E-state index in [9.17, 15) is 19.2 Å². The Morgan fingerprint density at radius 2 is 1.39 bits per heavy atom. The van der Waals surface area contributed by atoms with E-state index in [-0.39, 0.29) is 77.1 Å². The molecule has 5 aromatic rings. The molecule has 4 N–H and O–H groups in total. The number of carbonyl (C=O) groups excluding carboxylic acids is 4. The van der Waals surface area contributed by atoms with E-state index >= 15 is 17.6 Å². The number of H-pyrrole nitrogens is 2. The fourth-order valence-electron chi connectivity index (χ4n) is 11.9. The molecule has 0 spiro atoms. The number of aromatic nitrogens is 4. The van der Waals surface area contributed by atoms with Gasteiger partial charge in [-0.1, -0.05) is 27.7 Å². The highest BCUT2D eigenvalue weighted by molar-refractivity contribution is 5.87. The van der Waals surface area contributed by atoms with E-state index in [2.05, 4.69) is 51.1 Å². The summed E-state index contributed by atoms with van der Waals surface area (Å²) in [5, 5.41) is 5.16. The summed E-state index contributed by atoms with van der Waals surface area (Å²) < 4.78 is 82.2. The van der Waals surface area contributed by atoms with Crippen LogP contribution in [0.15, 0.2) is 36.4 Å². The molecule has 3 aromatic carbocycles. The van der Waals surface area contributed by atoms with Crippen LogP contribution in [0.1, 0.15) is 126 Å². The number of fused-ring (bicyclic) bond motifs is 2. The molecule has 0 aliphatic carbocycles. The number of methoxy groups -OCH3 is 2. The zero-order chi connectivity index (χ0) is 53.3. The van der Waals surface area contributed by atoms with E-state index in [4.69, 9.17) is 14.5 Å². The van der Waals surface area contributed by atoms with E-state index in [1.807, 2.05) is 6.92 Å². The van der Waals surface area contributed by atoms with Gasteiger partial charge in [0.25, 0.3) is 0 Å². The molecule has 4 saturated heterocycles. The number of rotatable bonds is 14. The number of hydrogen-bond acceptors (Lipinski definition) is 11. The van der Waals surface area contributed by atoms with Crippen LogP contribution in [-0.2, 0) is 30.3 Å². The Morgan fingerprint density at radius 1 is 0.773 bits per heavy atom. The van der Waals surface area contributed by atoms with Crippen molar-refractivity contribution < 1.29 is 51.0 Å². The van der Waals surface area contributed by atoms with Gasteiger partial charge < -0.3 is 54.4 Å². The minimum absolute atomic E-state index is 0.0349. The van der Waals surface area contributed by atoms with Crippen molar-refractivity contribution in [2.75, 3.05) is 70.0 Å². The number of piperidine rings is 1. The van der Waals surface area contributed by atoms with Gasteiger partial charge in [0.1, 0.15) is 41.6 Å². The van der Waals surface area contributed by atoms with Gasteiger partial charge in [-0.3, -0.25) is 9.59 Å². The maximum absolute atomic E-state index is 16.9. The molecule has 0 saturated carbocycles. The molecular formula is C54H68F4N10O7. The normalized spacial score (nSPS) is 20.2. The predicted octanol–water partition coefficient (Wildman–Crippen LogP) is 9.25. The third-order valence-corrected chi connectivity index (χ3v) is 15.8. The van der Waals surface area contributed by atoms with Crippen molar-refractivity contribution in [3.05, 3.63) is 82.4 Å². The second-order valence-corrected chi connectivity index (χ2v) is 21.4. The van der Waals surface area contributed by atoms with Crippen LogP contribution in [-0.4, -0.2) is 120 Å². The molecule has 6 heterocycles. The summed E-state index contributed by atoms with van der Waals surface area (Å²) in [5.74, 6) is -2.45. The number of aromatic amines is 2. The van der Waals surface area contributed by atoms with Crippen molar-refractivity contribution >= 4 is 57.4 Å². The molecule has 4 amide bonds.